The lowest BCUT2D eigenvalue weighted by Crippen LogP contribution is -2.56. The summed E-state index contributed by atoms with van der Waals surface area (Å²) in [5.41, 5.74) is 6.54. The lowest BCUT2D eigenvalue weighted by molar-refractivity contribution is -0.137. The largest absolute Gasteiger partial charge is 0.415 e. The number of piperazine rings is 1. The number of nitrogens with zero attached hydrogens (tertiary/aromatic N) is 4. The van der Waals surface area contributed by atoms with Gasteiger partial charge in [-0.1, -0.05) is 74.9 Å². The van der Waals surface area contributed by atoms with Gasteiger partial charge < -0.3 is 45.4 Å². The number of fused-ring (bicyclic) bond motifs is 5. The number of amides is 8. The molecule has 0 aliphatic carbocycles. The molecule has 1 saturated heterocycles. The number of H-pyrrole nitrogens is 2. The van der Waals surface area contributed by atoms with Crippen molar-refractivity contribution in [3.63, 3.8) is 0 Å². The first-order valence-corrected chi connectivity index (χ1v) is 29.8. The van der Waals surface area contributed by atoms with Crippen LogP contribution in [0.5, 0.6) is 5.75 Å². The molecule has 4 aromatic carbocycles. The number of carbonyl (C=O) groups is 9. The van der Waals surface area contributed by atoms with E-state index in [4.69, 9.17) is 16.3 Å². The van der Waals surface area contributed by atoms with E-state index in [1.807, 2.05) is 105 Å². The summed E-state index contributed by atoms with van der Waals surface area (Å²) in [5, 5.41) is 13.0. The van der Waals surface area contributed by atoms with Gasteiger partial charge in [0.05, 0.1) is 22.6 Å². The number of aromatic nitrogens is 2. The van der Waals surface area contributed by atoms with Crippen LogP contribution in [0.2, 0.25) is 0 Å². The van der Waals surface area contributed by atoms with E-state index in [0.29, 0.717) is 42.9 Å². The van der Waals surface area contributed by atoms with E-state index >= 15 is 0 Å². The van der Waals surface area contributed by atoms with Gasteiger partial charge in [0.2, 0.25) is 23.6 Å². The number of unbranched alkanes of at least 4 members (excludes halogenated alkanes) is 2. The predicted molar refractivity (Wildman–Crippen MR) is 321 cm³/mol. The van der Waals surface area contributed by atoms with Crippen molar-refractivity contribution in [2.45, 2.75) is 83.7 Å². The standard InChI is InChI=1S/C63H66ClN9O10S/c1-37(2)26-47(69-61(80)48(28-39-12-6-4-7-13-39)68-53(75)16-8-5-11-21-72-54(76)19-20-55(72)77)60(79)65-34-56(78)70-22-24-71(25-23-70)63(82)83-52-32-50-58(57-38(3)36-84-59(52)57)43(33-64)35-73(50)62(81)49-31-42-27-40(17-18-45(42)67-49)29-51(74)46-30-41-14-9-10-15-44(41)66-46/h4,6-7,9-10,12-15,17-20,27,30-32,36-37,43,47-48,66-67H,5,8,11,16,21-26,28-29,33-35H2,1-3H3,(H,65,79)(H,68,75)(H,69,80)/t43-,47-,48-/m0/s1. The van der Waals surface area contributed by atoms with Gasteiger partial charge in [0, 0.05) is 116 Å². The van der Waals surface area contributed by atoms with Crippen molar-refractivity contribution in [2.75, 3.05) is 56.6 Å². The molecule has 19 nitrogen and oxygen atoms in total. The molecule has 0 bridgehead atoms. The summed E-state index contributed by atoms with van der Waals surface area (Å²) in [4.78, 5) is 133. The number of thiophene rings is 1. The van der Waals surface area contributed by atoms with Gasteiger partial charge in [0.1, 0.15) is 17.8 Å². The summed E-state index contributed by atoms with van der Waals surface area (Å²) in [5.74, 6) is -2.62. The number of anilines is 1. The van der Waals surface area contributed by atoms with Crippen molar-refractivity contribution < 1.29 is 47.9 Å². The number of Topliss-reactive ketones (excluding diaryl/α,β-unsaturated/α-hetero) is 1. The molecule has 3 aliphatic heterocycles. The number of hydrogen-bond acceptors (Lipinski definition) is 11. The molecule has 10 rings (SSSR count). The Morgan fingerprint density at radius 1 is 0.750 bits per heavy atom. The van der Waals surface area contributed by atoms with Gasteiger partial charge in [-0.3, -0.25) is 43.3 Å². The highest BCUT2D eigenvalue weighted by molar-refractivity contribution is 7.17. The molecule has 3 aromatic heterocycles. The number of nitrogens with one attached hydrogen (secondary N) is 5. The molecule has 0 radical (unpaired) electrons. The Morgan fingerprint density at radius 2 is 1.45 bits per heavy atom. The van der Waals surface area contributed by atoms with Crippen molar-refractivity contribution in [2.24, 2.45) is 5.92 Å². The zero-order valence-electron chi connectivity index (χ0n) is 47.0. The van der Waals surface area contributed by atoms with E-state index in [1.165, 1.54) is 28.4 Å². The van der Waals surface area contributed by atoms with Crippen LogP contribution >= 0.6 is 22.9 Å². The van der Waals surface area contributed by atoms with Gasteiger partial charge in [-0.2, -0.15) is 0 Å². The number of para-hydroxylation sites is 1. The maximum Gasteiger partial charge on any atom is 0.415 e. The number of ether oxygens (including phenoxy) is 1. The van der Waals surface area contributed by atoms with Gasteiger partial charge >= 0.3 is 6.09 Å². The molecule has 6 heterocycles. The van der Waals surface area contributed by atoms with Crippen LogP contribution in [0.15, 0.2) is 109 Å². The topological polar surface area (TPSA) is 243 Å². The molecule has 436 valence electrons. The van der Waals surface area contributed by atoms with Gasteiger partial charge in [-0.25, -0.2) is 4.79 Å². The van der Waals surface area contributed by atoms with Crippen LogP contribution in [0.4, 0.5) is 10.5 Å². The zero-order chi connectivity index (χ0) is 59.2. The molecular formula is C63H66ClN9O10S. The normalized spacial score (nSPS) is 15.8. The average Bonchev–Trinajstić information content (AvgIpc) is 4.02. The van der Waals surface area contributed by atoms with E-state index in [2.05, 4.69) is 25.9 Å². The van der Waals surface area contributed by atoms with E-state index in [1.54, 1.807) is 21.9 Å². The van der Waals surface area contributed by atoms with E-state index in [9.17, 15) is 43.2 Å². The summed E-state index contributed by atoms with van der Waals surface area (Å²) < 4.78 is 6.92. The number of imide groups is 1. The lowest BCUT2D eigenvalue weighted by Gasteiger charge is -2.34. The Bertz CT molecular complexity index is 3680. The Labute approximate surface area is 494 Å². The molecule has 3 atom stereocenters. The monoisotopic (exact) mass is 1180 g/mol. The van der Waals surface area contributed by atoms with Crippen LogP contribution < -0.4 is 25.6 Å². The number of alkyl halides is 1. The van der Waals surface area contributed by atoms with Gasteiger partial charge in [-0.05, 0) is 90.1 Å². The first kappa shape index (κ1) is 58.6. The summed E-state index contributed by atoms with van der Waals surface area (Å²) in [6.45, 7) is 6.59. The SMILES string of the molecule is Cc1csc2c(OC(=O)N3CCN(C(=O)CNC(=O)[C@H](CC(C)C)NC(=O)[C@H](Cc4ccccc4)NC(=O)CCCCCN4C(=O)C=CC4=O)CC3)cc3c(c12)[C@@H](CCl)CN3C(=O)c1cc2cc(CC(=O)c3cc4ccccc4[nH]3)ccc2[nH]1. The fourth-order valence-electron chi connectivity index (χ4n) is 11.2. The molecule has 21 heteroatoms. The highest BCUT2D eigenvalue weighted by Gasteiger charge is 2.38. The van der Waals surface area contributed by atoms with Gasteiger partial charge in [0.25, 0.3) is 17.7 Å². The van der Waals surface area contributed by atoms with Crippen LogP contribution in [0, 0.1) is 12.8 Å². The average molecular weight is 1180 g/mol. The fourth-order valence-corrected chi connectivity index (χ4v) is 12.5. The maximum atomic E-state index is 14.6. The minimum atomic E-state index is -1.02. The molecule has 0 spiro atoms. The molecule has 84 heavy (non-hydrogen) atoms. The van der Waals surface area contributed by atoms with Crippen LogP contribution in [0.25, 0.3) is 31.9 Å². The highest BCUT2D eigenvalue weighted by atomic mass is 35.5. The first-order valence-electron chi connectivity index (χ1n) is 28.4. The Morgan fingerprint density at radius 3 is 2.19 bits per heavy atom. The summed E-state index contributed by atoms with van der Waals surface area (Å²) in [7, 11) is 0. The summed E-state index contributed by atoms with van der Waals surface area (Å²) in [6.07, 6.45) is 4.10. The van der Waals surface area contributed by atoms with Crippen molar-refractivity contribution >= 4 is 114 Å². The van der Waals surface area contributed by atoms with Crippen molar-refractivity contribution in [1.82, 2.24) is 40.6 Å². The highest BCUT2D eigenvalue weighted by Crippen LogP contribution is 2.49. The molecule has 0 saturated carbocycles. The summed E-state index contributed by atoms with van der Waals surface area (Å²) >= 11 is 8.07. The molecule has 5 N–H and O–H groups in total. The number of ketones is 1. The van der Waals surface area contributed by atoms with E-state index in [0.717, 1.165) is 59.0 Å². The van der Waals surface area contributed by atoms with Crippen molar-refractivity contribution in [3.05, 3.63) is 142 Å². The predicted octanol–water partition coefficient (Wildman–Crippen LogP) is 8.08. The van der Waals surface area contributed by atoms with Crippen LogP contribution in [0.3, 0.4) is 0 Å². The van der Waals surface area contributed by atoms with Crippen LogP contribution in [-0.2, 0) is 41.6 Å². The molecule has 8 amide bonds. The number of aryl methyl sites for hydroxylation is 1. The molecule has 7 aromatic rings. The maximum absolute atomic E-state index is 14.6. The van der Waals surface area contributed by atoms with E-state index < -0.39 is 30.0 Å². The number of halogens is 1. The molecule has 0 unspecified atom stereocenters. The smallest absolute Gasteiger partial charge is 0.409 e. The molecule has 3 aliphatic rings. The molecule has 1 fully saturated rings. The van der Waals surface area contributed by atoms with Gasteiger partial charge in [0.15, 0.2) is 11.5 Å². The third-order valence-corrected chi connectivity index (χ3v) is 17.1. The minimum Gasteiger partial charge on any atom is -0.409 e. The second kappa shape index (κ2) is 25.9. The molecular weight excluding hydrogens is 1110 g/mol. The minimum absolute atomic E-state index is 0.0296. The van der Waals surface area contributed by atoms with E-state index in [-0.39, 0.29) is 124 Å². The second-order valence-electron chi connectivity index (χ2n) is 22.1. The third kappa shape index (κ3) is 13.2. The second-order valence-corrected chi connectivity index (χ2v) is 23.3. The van der Waals surface area contributed by atoms with Crippen LogP contribution in [-0.4, -0.2) is 142 Å². The summed E-state index contributed by atoms with van der Waals surface area (Å²) in [6, 6.07) is 25.9. The Hall–Kier alpha value is -8.62. The van der Waals surface area contributed by atoms with Crippen molar-refractivity contribution in [3.8, 4) is 5.75 Å². The number of hydrogen-bond donors (Lipinski definition) is 5. The number of carbonyl (C=O) groups excluding carboxylic acids is 9. The number of benzene rings is 4. The fraction of sp³-hybridized carbons (Fsp3) is 0.349. The van der Waals surface area contributed by atoms with Crippen molar-refractivity contribution in [1.29, 1.82) is 0 Å². The quantitative estimate of drug-likeness (QED) is 0.0189. The first-order chi connectivity index (χ1) is 40.5. The van der Waals surface area contributed by atoms with Gasteiger partial charge in [-0.15, -0.1) is 22.9 Å². The number of aromatic amines is 2. The Balaban J connectivity index is 0.738. The van der Waals surface area contributed by atoms with Crippen LogP contribution in [0.1, 0.15) is 95.1 Å². The lowest BCUT2D eigenvalue weighted by atomic mass is 9.97. The zero-order valence-corrected chi connectivity index (χ0v) is 48.5. The number of rotatable bonds is 22. The third-order valence-electron chi connectivity index (χ3n) is 15.6. The Kier molecular flexibility index (Phi) is 18.1.